The zero-order chi connectivity index (χ0) is 15.6. The van der Waals surface area contributed by atoms with Crippen LogP contribution in [-0.2, 0) is 18.5 Å². The van der Waals surface area contributed by atoms with Crippen LogP contribution in [0.15, 0.2) is 48.5 Å². The van der Waals surface area contributed by atoms with E-state index in [9.17, 15) is 4.39 Å². The fourth-order valence-corrected chi connectivity index (χ4v) is 3.28. The van der Waals surface area contributed by atoms with E-state index >= 15 is 0 Å². The SMILES string of the molecule is CCC(N)(CN1CCc2ccccc2C1)c1ccc(F)cc1. The van der Waals surface area contributed by atoms with Crippen molar-refractivity contribution in [3.63, 3.8) is 0 Å². The van der Waals surface area contributed by atoms with E-state index in [0.717, 1.165) is 38.0 Å². The minimum Gasteiger partial charge on any atom is -0.320 e. The molecular formula is C19H23FN2. The second-order valence-electron chi connectivity index (χ2n) is 6.25. The lowest BCUT2D eigenvalue weighted by atomic mass is 9.86. The third-order valence-corrected chi connectivity index (χ3v) is 4.77. The van der Waals surface area contributed by atoms with Gasteiger partial charge in [0.2, 0.25) is 0 Å². The quantitative estimate of drug-likeness (QED) is 0.937. The van der Waals surface area contributed by atoms with Gasteiger partial charge >= 0.3 is 0 Å². The van der Waals surface area contributed by atoms with Gasteiger partial charge in [-0.3, -0.25) is 4.90 Å². The van der Waals surface area contributed by atoms with Crippen molar-refractivity contribution in [1.29, 1.82) is 0 Å². The second-order valence-corrected chi connectivity index (χ2v) is 6.25. The van der Waals surface area contributed by atoms with E-state index in [0.29, 0.717) is 0 Å². The molecule has 2 aromatic carbocycles. The largest absolute Gasteiger partial charge is 0.320 e. The van der Waals surface area contributed by atoms with Gasteiger partial charge in [-0.15, -0.1) is 0 Å². The van der Waals surface area contributed by atoms with Crippen LogP contribution >= 0.6 is 0 Å². The summed E-state index contributed by atoms with van der Waals surface area (Å²) in [5.41, 5.74) is 10.1. The minimum absolute atomic E-state index is 0.214. The Balaban J connectivity index is 1.77. The van der Waals surface area contributed by atoms with Crippen LogP contribution in [0.1, 0.15) is 30.0 Å². The first-order chi connectivity index (χ1) is 10.6. The molecule has 0 amide bonds. The van der Waals surface area contributed by atoms with Crippen LogP contribution in [0, 0.1) is 5.82 Å². The topological polar surface area (TPSA) is 29.3 Å². The molecule has 0 radical (unpaired) electrons. The van der Waals surface area contributed by atoms with Crippen LogP contribution in [0.25, 0.3) is 0 Å². The summed E-state index contributed by atoms with van der Waals surface area (Å²) in [6.45, 7) is 4.86. The molecule has 0 saturated carbocycles. The molecule has 3 rings (SSSR count). The molecule has 1 aliphatic rings. The number of hydrogen-bond donors (Lipinski definition) is 1. The number of halogens is 1. The van der Waals surface area contributed by atoms with Gasteiger partial charge < -0.3 is 5.73 Å². The molecule has 0 aliphatic carbocycles. The normalized spacial score (nSPS) is 17.8. The first-order valence-corrected chi connectivity index (χ1v) is 7.95. The maximum absolute atomic E-state index is 13.2. The molecule has 0 spiro atoms. The highest BCUT2D eigenvalue weighted by Crippen LogP contribution is 2.27. The standard InChI is InChI=1S/C19H23FN2/c1-2-19(21,17-7-9-18(20)10-8-17)14-22-12-11-15-5-3-4-6-16(15)13-22/h3-10H,2,11-14,21H2,1H3. The third-order valence-electron chi connectivity index (χ3n) is 4.77. The zero-order valence-corrected chi connectivity index (χ0v) is 13.1. The second kappa shape index (κ2) is 6.19. The average molecular weight is 298 g/mol. The lowest BCUT2D eigenvalue weighted by Gasteiger charge is -2.37. The van der Waals surface area contributed by atoms with E-state index < -0.39 is 5.54 Å². The Hall–Kier alpha value is -1.71. The van der Waals surface area contributed by atoms with Crippen LogP contribution in [0.4, 0.5) is 4.39 Å². The van der Waals surface area contributed by atoms with Gasteiger partial charge in [0.1, 0.15) is 5.82 Å². The highest BCUT2D eigenvalue weighted by molar-refractivity contribution is 5.30. The van der Waals surface area contributed by atoms with Gasteiger partial charge in [-0.2, -0.15) is 0 Å². The number of nitrogens with zero attached hydrogens (tertiary/aromatic N) is 1. The van der Waals surface area contributed by atoms with Crippen molar-refractivity contribution < 1.29 is 4.39 Å². The summed E-state index contributed by atoms with van der Waals surface area (Å²) in [4.78, 5) is 2.41. The minimum atomic E-state index is -0.431. The Bertz CT molecular complexity index is 638. The van der Waals surface area contributed by atoms with Gasteiger partial charge in [0.05, 0.1) is 5.54 Å². The molecule has 22 heavy (non-hydrogen) atoms. The molecule has 1 heterocycles. The van der Waals surface area contributed by atoms with Crippen LogP contribution in [0.5, 0.6) is 0 Å². The number of benzene rings is 2. The zero-order valence-electron chi connectivity index (χ0n) is 13.1. The van der Waals surface area contributed by atoms with E-state index in [-0.39, 0.29) is 5.82 Å². The van der Waals surface area contributed by atoms with Crippen molar-refractivity contribution in [1.82, 2.24) is 4.90 Å². The van der Waals surface area contributed by atoms with Crippen molar-refractivity contribution in [3.8, 4) is 0 Å². The summed E-state index contributed by atoms with van der Waals surface area (Å²) in [6, 6.07) is 15.2. The van der Waals surface area contributed by atoms with Crippen molar-refractivity contribution in [2.45, 2.75) is 31.8 Å². The Labute approximate surface area is 131 Å². The first kappa shape index (κ1) is 15.2. The maximum Gasteiger partial charge on any atom is 0.123 e. The molecule has 0 saturated heterocycles. The van der Waals surface area contributed by atoms with Gasteiger partial charge in [0.15, 0.2) is 0 Å². The third kappa shape index (κ3) is 3.06. The van der Waals surface area contributed by atoms with Crippen LogP contribution in [0.3, 0.4) is 0 Å². The Morgan fingerprint density at radius 1 is 1.09 bits per heavy atom. The number of hydrogen-bond acceptors (Lipinski definition) is 2. The summed E-state index contributed by atoms with van der Waals surface area (Å²) in [5.74, 6) is -0.214. The monoisotopic (exact) mass is 298 g/mol. The van der Waals surface area contributed by atoms with Gasteiger partial charge in [0.25, 0.3) is 0 Å². The maximum atomic E-state index is 13.2. The van der Waals surface area contributed by atoms with E-state index in [2.05, 4.69) is 36.1 Å². The van der Waals surface area contributed by atoms with Crippen molar-refractivity contribution in [2.24, 2.45) is 5.73 Å². The fraction of sp³-hybridized carbons (Fsp3) is 0.368. The van der Waals surface area contributed by atoms with Crippen molar-refractivity contribution >= 4 is 0 Å². The highest BCUT2D eigenvalue weighted by atomic mass is 19.1. The Morgan fingerprint density at radius 2 is 1.77 bits per heavy atom. The smallest absolute Gasteiger partial charge is 0.123 e. The first-order valence-electron chi connectivity index (χ1n) is 7.95. The predicted molar refractivity (Wildman–Crippen MR) is 88.0 cm³/mol. The van der Waals surface area contributed by atoms with Gasteiger partial charge in [-0.25, -0.2) is 4.39 Å². The number of nitrogens with two attached hydrogens (primary N) is 1. The molecule has 2 aromatic rings. The molecule has 1 unspecified atom stereocenters. The van der Waals surface area contributed by atoms with Crippen LogP contribution in [0.2, 0.25) is 0 Å². The van der Waals surface area contributed by atoms with E-state index in [1.165, 1.54) is 23.3 Å². The van der Waals surface area contributed by atoms with E-state index in [4.69, 9.17) is 5.73 Å². The Morgan fingerprint density at radius 3 is 2.45 bits per heavy atom. The average Bonchev–Trinajstić information content (AvgIpc) is 2.55. The molecule has 2 N–H and O–H groups in total. The molecule has 0 fully saturated rings. The molecule has 2 nitrogen and oxygen atoms in total. The van der Waals surface area contributed by atoms with Crippen molar-refractivity contribution in [2.75, 3.05) is 13.1 Å². The summed E-state index contributed by atoms with van der Waals surface area (Å²) in [7, 11) is 0. The summed E-state index contributed by atoms with van der Waals surface area (Å²) >= 11 is 0. The fourth-order valence-electron chi connectivity index (χ4n) is 3.28. The summed E-state index contributed by atoms with van der Waals surface area (Å²) < 4.78 is 13.2. The van der Waals surface area contributed by atoms with E-state index in [1.54, 1.807) is 0 Å². The molecule has 1 atom stereocenters. The van der Waals surface area contributed by atoms with Crippen molar-refractivity contribution in [3.05, 3.63) is 71.0 Å². The molecule has 0 bridgehead atoms. The lowest BCUT2D eigenvalue weighted by molar-refractivity contribution is 0.188. The summed E-state index contributed by atoms with van der Waals surface area (Å²) in [6.07, 6.45) is 1.90. The van der Waals surface area contributed by atoms with Crippen LogP contribution in [-0.4, -0.2) is 18.0 Å². The lowest BCUT2D eigenvalue weighted by Crippen LogP contribution is -2.48. The molecular weight excluding hydrogens is 275 g/mol. The number of fused-ring (bicyclic) bond motifs is 1. The number of rotatable bonds is 4. The van der Waals surface area contributed by atoms with E-state index in [1.807, 2.05) is 12.1 Å². The molecule has 1 aliphatic heterocycles. The molecule has 3 heteroatoms. The Kier molecular flexibility index (Phi) is 4.27. The van der Waals surface area contributed by atoms with Crippen LogP contribution < -0.4 is 5.73 Å². The highest BCUT2D eigenvalue weighted by Gasteiger charge is 2.29. The van der Waals surface area contributed by atoms with Gasteiger partial charge in [0, 0.05) is 19.6 Å². The van der Waals surface area contributed by atoms with Gasteiger partial charge in [-0.05, 0) is 41.7 Å². The molecule has 116 valence electrons. The summed E-state index contributed by atoms with van der Waals surface area (Å²) in [5, 5.41) is 0. The predicted octanol–water partition coefficient (Wildman–Crippen LogP) is 3.45. The van der Waals surface area contributed by atoms with Gasteiger partial charge in [-0.1, -0.05) is 43.3 Å². The molecule has 0 aromatic heterocycles.